The molecule has 0 spiro atoms. The lowest BCUT2D eigenvalue weighted by Crippen LogP contribution is -2.55. The average Bonchev–Trinajstić information content (AvgIpc) is 2.97. The SMILES string of the molecule is CCCCCCCCCCCCCCCCCCCCCCCCCCC(C(=O)O)C(C(=O)O)(C(=O)OC)C(=O)OC. The van der Waals surface area contributed by atoms with Crippen molar-refractivity contribution in [2.75, 3.05) is 14.2 Å². The monoisotopic (exact) mass is 598 g/mol. The van der Waals surface area contributed by atoms with E-state index in [2.05, 4.69) is 16.4 Å². The van der Waals surface area contributed by atoms with E-state index in [0.29, 0.717) is 12.8 Å². The summed E-state index contributed by atoms with van der Waals surface area (Å²) >= 11 is 0. The zero-order valence-corrected chi connectivity index (χ0v) is 27.1. The number of hydrogen-bond acceptors (Lipinski definition) is 6. The molecule has 0 heterocycles. The molecular formula is C34H62O8. The van der Waals surface area contributed by atoms with E-state index in [-0.39, 0.29) is 6.42 Å². The van der Waals surface area contributed by atoms with Crippen LogP contribution < -0.4 is 0 Å². The Kier molecular flexibility index (Phi) is 25.2. The van der Waals surface area contributed by atoms with Crippen molar-refractivity contribution in [2.45, 2.75) is 167 Å². The highest BCUT2D eigenvalue weighted by atomic mass is 16.6. The molecule has 0 amide bonds. The van der Waals surface area contributed by atoms with Crippen molar-refractivity contribution in [1.82, 2.24) is 0 Å². The third-order valence-electron chi connectivity index (χ3n) is 8.52. The normalized spacial score (nSPS) is 12.2. The summed E-state index contributed by atoms with van der Waals surface area (Å²) in [4.78, 5) is 48.4. The minimum absolute atomic E-state index is 0.134. The van der Waals surface area contributed by atoms with E-state index in [9.17, 15) is 29.4 Å². The third kappa shape index (κ3) is 16.5. The van der Waals surface area contributed by atoms with E-state index in [1.54, 1.807) is 0 Å². The summed E-state index contributed by atoms with van der Waals surface area (Å²) in [5.41, 5.74) is -2.91. The molecule has 1 unspecified atom stereocenters. The Labute approximate surface area is 255 Å². The first-order chi connectivity index (χ1) is 20.3. The molecule has 0 aromatic carbocycles. The minimum Gasteiger partial charge on any atom is -0.481 e. The van der Waals surface area contributed by atoms with Gasteiger partial charge in [0.05, 0.1) is 20.1 Å². The molecule has 0 saturated heterocycles. The maximum Gasteiger partial charge on any atom is 0.335 e. The Morgan fingerprint density at radius 2 is 0.762 bits per heavy atom. The summed E-state index contributed by atoms with van der Waals surface area (Å²) in [7, 11) is 1.84. The Morgan fingerprint density at radius 1 is 0.500 bits per heavy atom. The number of ether oxygens (including phenoxy) is 2. The van der Waals surface area contributed by atoms with Crippen LogP contribution in [-0.4, -0.2) is 48.3 Å². The topological polar surface area (TPSA) is 127 Å². The second-order valence-corrected chi connectivity index (χ2v) is 11.9. The standard InChI is InChI=1S/C34H62O8/c1-4-5-6-7-8-9-10-11-12-13-14-15-16-17-18-19-20-21-22-23-24-25-26-27-28-29(30(35)36)34(31(37)38,32(39)41-2)33(40)42-3/h29H,4-28H2,1-3H3,(H,35,36)(H,37,38). The van der Waals surface area contributed by atoms with Gasteiger partial charge in [-0.3, -0.25) is 19.2 Å². The van der Waals surface area contributed by atoms with E-state index in [1.165, 1.54) is 122 Å². The predicted molar refractivity (Wildman–Crippen MR) is 166 cm³/mol. The molecule has 0 bridgehead atoms. The van der Waals surface area contributed by atoms with Gasteiger partial charge in [0.2, 0.25) is 0 Å². The number of carbonyl (C=O) groups is 4. The molecule has 8 nitrogen and oxygen atoms in total. The number of aliphatic carboxylic acids is 2. The van der Waals surface area contributed by atoms with Crippen LogP contribution in [0.4, 0.5) is 0 Å². The lowest BCUT2D eigenvalue weighted by Gasteiger charge is -2.29. The Bertz CT molecular complexity index is 704. The molecule has 0 saturated carbocycles. The fourth-order valence-corrected chi connectivity index (χ4v) is 5.85. The first-order valence-electron chi connectivity index (χ1n) is 16.9. The number of carboxylic acids is 2. The van der Waals surface area contributed by atoms with Gasteiger partial charge in [-0.05, 0) is 6.42 Å². The molecule has 0 aliphatic carbocycles. The van der Waals surface area contributed by atoms with Crippen LogP contribution in [0.3, 0.4) is 0 Å². The van der Waals surface area contributed by atoms with Crippen LogP contribution in [0.25, 0.3) is 0 Å². The van der Waals surface area contributed by atoms with Gasteiger partial charge in [-0.15, -0.1) is 0 Å². The van der Waals surface area contributed by atoms with Crippen molar-refractivity contribution in [3.8, 4) is 0 Å². The first-order valence-corrected chi connectivity index (χ1v) is 16.9. The molecule has 0 rings (SSSR count). The van der Waals surface area contributed by atoms with Gasteiger partial charge in [-0.1, -0.05) is 161 Å². The fraction of sp³-hybridized carbons (Fsp3) is 0.882. The van der Waals surface area contributed by atoms with Crippen LogP contribution in [0.2, 0.25) is 0 Å². The van der Waals surface area contributed by atoms with E-state index in [0.717, 1.165) is 33.5 Å². The van der Waals surface area contributed by atoms with Crippen molar-refractivity contribution >= 4 is 23.9 Å². The van der Waals surface area contributed by atoms with Gasteiger partial charge in [-0.25, -0.2) is 0 Å². The Morgan fingerprint density at radius 3 is 0.976 bits per heavy atom. The van der Waals surface area contributed by atoms with Gasteiger partial charge in [0, 0.05) is 0 Å². The molecule has 0 fully saturated rings. The molecule has 8 heteroatoms. The van der Waals surface area contributed by atoms with E-state index >= 15 is 0 Å². The van der Waals surface area contributed by atoms with Crippen LogP contribution >= 0.6 is 0 Å². The smallest absolute Gasteiger partial charge is 0.335 e. The van der Waals surface area contributed by atoms with Crippen LogP contribution in [0.5, 0.6) is 0 Å². The van der Waals surface area contributed by atoms with Gasteiger partial charge in [0.25, 0.3) is 5.41 Å². The first kappa shape index (κ1) is 39.9. The lowest BCUT2D eigenvalue weighted by molar-refractivity contribution is -0.189. The number of carbonyl (C=O) groups excluding carboxylic acids is 2. The molecule has 0 aliphatic heterocycles. The summed E-state index contributed by atoms with van der Waals surface area (Å²) in [5.74, 6) is -8.05. The number of esters is 2. The van der Waals surface area contributed by atoms with Crippen LogP contribution in [0, 0.1) is 11.3 Å². The van der Waals surface area contributed by atoms with Crippen LogP contribution in [0.1, 0.15) is 167 Å². The van der Waals surface area contributed by atoms with Crippen molar-refractivity contribution < 1.29 is 38.9 Å². The van der Waals surface area contributed by atoms with Gasteiger partial charge in [0.1, 0.15) is 0 Å². The molecule has 0 radical (unpaired) electrons. The summed E-state index contributed by atoms with van der Waals surface area (Å²) in [5, 5.41) is 19.3. The highest BCUT2D eigenvalue weighted by Crippen LogP contribution is 2.36. The van der Waals surface area contributed by atoms with Crippen LogP contribution in [-0.2, 0) is 28.7 Å². The maximum absolute atomic E-state index is 12.3. The summed E-state index contributed by atoms with van der Waals surface area (Å²) in [6.07, 6.45) is 29.9. The minimum atomic E-state index is -2.91. The number of methoxy groups -OCH3 is 2. The molecule has 0 aromatic heterocycles. The van der Waals surface area contributed by atoms with Crippen molar-refractivity contribution in [1.29, 1.82) is 0 Å². The Balaban J connectivity index is 3.80. The molecule has 0 aliphatic rings. The molecule has 42 heavy (non-hydrogen) atoms. The van der Waals surface area contributed by atoms with Gasteiger partial charge < -0.3 is 19.7 Å². The number of carboxylic acid groups (broad SMARTS) is 2. The fourth-order valence-electron chi connectivity index (χ4n) is 5.85. The molecule has 1 atom stereocenters. The highest BCUT2D eigenvalue weighted by molar-refractivity contribution is 6.19. The van der Waals surface area contributed by atoms with Gasteiger partial charge in [-0.2, -0.15) is 0 Å². The molecular weight excluding hydrogens is 536 g/mol. The third-order valence-corrected chi connectivity index (χ3v) is 8.52. The number of rotatable bonds is 30. The van der Waals surface area contributed by atoms with Crippen molar-refractivity contribution in [2.24, 2.45) is 11.3 Å². The largest absolute Gasteiger partial charge is 0.481 e. The molecule has 0 aromatic rings. The number of hydrogen-bond donors (Lipinski definition) is 2. The zero-order chi connectivity index (χ0) is 31.5. The summed E-state index contributed by atoms with van der Waals surface area (Å²) in [6.45, 7) is 2.27. The van der Waals surface area contributed by atoms with Gasteiger partial charge in [0.15, 0.2) is 0 Å². The second-order valence-electron chi connectivity index (χ2n) is 11.9. The summed E-state index contributed by atoms with van der Waals surface area (Å²) in [6, 6.07) is 0. The second kappa shape index (κ2) is 26.5. The van der Waals surface area contributed by atoms with Gasteiger partial charge >= 0.3 is 23.9 Å². The van der Waals surface area contributed by atoms with E-state index in [1.807, 2.05) is 0 Å². The zero-order valence-electron chi connectivity index (χ0n) is 27.1. The lowest BCUT2D eigenvalue weighted by atomic mass is 9.72. The average molecular weight is 599 g/mol. The van der Waals surface area contributed by atoms with Crippen molar-refractivity contribution in [3.05, 3.63) is 0 Å². The summed E-state index contributed by atoms with van der Waals surface area (Å²) < 4.78 is 9.01. The number of unbranched alkanes of at least 4 members (excludes halogenated alkanes) is 23. The van der Waals surface area contributed by atoms with E-state index in [4.69, 9.17) is 0 Å². The molecule has 246 valence electrons. The maximum atomic E-state index is 12.3. The Hall–Kier alpha value is -2.12. The highest BCUT2D eigenvalue weighted by Gasteiger charge is 2.63. The molecule has 2 N–H and O–H groups in total. The van der Waals surface area contributed by atoms with E-state index < -0.39 is 35.2 Å². The predicted octanol–water partition coefficient (Wildman–Crippen LogP) is 8.88. The quantitative estimate of drug-likeness (QED) is 0.0477. The van der Waals surface area contributed by atoms with Crippen molar-refractivity contribution in [3.63, 3.8) is 0 Å². The van der Waals surface area contributed by atoms with Crippen LogP contribution in [0.15, 0.2) is 0 Å².